The molecule has 30 nitrogen and oxygen atoms in total. The van der Waals surface area contributed by atoms with Crippen LogP contribution in [0.3, 0.4) is 0 Å². The number of rotatable bonds is 59. The molecule has 30 heteroatoms. The number of fused-ring (bicyclic) bond motifs is 2. The first kappa shape index (κ1) is 79.2. The molecule has 0 N–H and O–H groups in total. The van der Waals surface area contributed by atoms with Gasteiger partial charge in [0.2, 0.25) is 11.8 Å². The number of anilines is 1. The molecule has 95 heavy (non-hydrogen) atoms. The fourth-order valence-corrected chi connectivity index (χ4v) is 8.63. The van der Waals surface area contributed by atoms with Crippen molar-refractivity contribution in [3.05, 3.63) is 65.2 Å². The Morgan fingerprint density at radius 3 is 0.968 bits per heavy atom. The van der Waals surface area contributed by atoms with Crippen LogP contribution in [0.4, 0.5) is 5.69 Å². The van der Waals surface area contributed by atoms with E-state index in [4.69, 9.17) is 85.5 Å². The fourth-order valence-electron chi connectivity index (χ4n) is 8.63. The third-order valence-electron chi connectivity index (χ3n) is 13.6. The Kier molecular flexibility index (Phi) is 43.1. The Morgan fingerprint density at radius 1 is 0.337 bits per heavy atom. The molecule has 2 saturated heterocycles. The van der Waals surface area contributed by atoms with E-state index in [1.54, 1.807) is 9.80 Å². The van der Waals surface area contributed by atoms with Crippen molar-refractivity contribution in [3.8, 4) is 11.8 Å². The van der Waals surface area contributed by atoms with Gasteiger partial charge in [-0.05, 0) is 23.8 Å². The van der Waals surface area contributed by atoms with Gasteiger partial charge < -0.3 is 95.3 Å². The van der Waals surface area contributed by atoms with Gasteiger partial charge in [0.05, 0.1) is 236 Å². The highest BCUT2D eigenvalue weighted by molar-refractivity contribution is 6.02. The molecule has 2 fully saturated rings. The van der Waals surface area contributed by atoms with E-state index in [2.05, 4.69) is 11.8 Å². The lowest BCUT2D eigenvalue weighted by atomic mass is 10.0. The maximum Gasteiger partial charge on any atom is 0.335 e. The van der Waals surface area contributed by atoms with E-state index in [9.17, 15) is 38.4 Å². The maximum absolute atomic E-state index is 13.9. The van der Waals surface area contributed by atoms with E-state index in [0.717, 1.165) is 16.7 Å². The molecule has 0 spiro atoms. The molecule has 0 atom stereocenters. The van der Waals surface area contributed by atoms with E-state index in [0.29, 0.717) is 194 Å². The van der Waals surface area contributed by atoms with Crippen LogP contribution < -0.4 is 4.90 Å². The fraction of sp³-hybridized carbons (Fsp3) is 0.662. The van der Waals surface area contributed by atoms with Gasteiger partial charge in [-0.1, -0.05) is 42.2 Å². The van der Waals surface area contributed by atoms with Crippen LogP contribution in [-0.4, -0.2) is 287 Å². The molecular weight excluding hydrogens is 1250 g/mol. The van der Waals surface area contributed by atoms with Crippen molar-refractivity contribution in [2.24, 2.45) is 0 Å². The van der Waals surface area contributed by atoms with E-state index >= 15 is 0 Å². The minimum atomic E-state index is -0.719. The number of ether oxygens (including phenoxy) is 16. The largest absolute Gasteiger partial charge is 0.378 e. The summed E-state index contributed by atoms with van der Waals surface area (Å²) in [5, 5.41) is 1.02. The Balaban J connectivity index is 0.815. The summed E-state index contributed by atoms with van der Waals surface area (Å²) in [5.74, 6) is 2.51. The third kappa shape index (κ3) is 35.9. The van der Waals surface area contributed by atoms with Crippen LogP contribution in [0.2, 0.25) is 0 Å². The minimum absolute atomic E-state index is 0.00473. The van der Waals surface area contributed by atoms with Crippen molar-refractivity contribution >= 4 is 53.1 Å². The first-order chi connectivity index (χ1) is 46.6. The minimum Gasteiger partial charge on any atom is -0.378 e. The number of hydrogen-bond donors (Lipinski definition) is 0. The standard InChI is InChI=1S/C65H94N4O26/c70-58(11-12-59(71)67-53-56-7-2-1-5-54(56)9-10-55-6-3-4-8-57(55)67)66(19-23-80-27-31-84-35-39-88-43-47-92-51-49-90-45-41-86-37-33-82-29-25-78-21-17-64(76)94-68-60(72)13-14-61(68)73)20-24-81-28-32-85-36-40-89-44-48-93-52-50-91-46-42-87-38-34-83-30-26-79-22-18-65(77)95-69-62(74)15-16-63(69)75/h1-8H,11-53H2. The van der Waals surface area contributed by atoms with Gasteiger partial charge in [-0.2, -0.15) is 0 Å². The van der Waals surface area contributed by atoms with Crippen LogP contribution >= 0.6 is 0 Å². The van der Waals surface area contributed by atoms with Crippen LogP contribution in [0.5, 0.6) is 0 Å². The lowest BCUT2D eigenvalue weighted by molar-refractivity contribution is -0.198. The smallest absolute Gasteiger partial charge is 0.335 e. The van der Waals surface area contributed by atoms with Crippen LogP contribution in [0, 0.1) is 11.8 Å². The quantitative estimate of drug-likeness (QED) is 0.0518. The summed E-state index contributed by atoms with van der Waals surface area (Å²) in [6.07, 6.45) is -0.0588. The predicted octanol–water partition coefficient (Wildman–Crippen LogP) is 1.80. The van der Waals surface area contributed by atoms with Crippen molar-refractivity contribution in [3.63, 3.8) is 0 Å². The molecule has 5 rings (SSSR count). The number of hydroxylamine groups is 4. The van der Waals surface area contributed by atoms with Crippen LogP contribution in [0.15, 0.2) is 48.5 Å². The molecular formula is C65H94N4O26. The van der Waals surface area contributed by atoms with Crippen molar-refractivity contribution < 1.29 is 124 Å². The zero-order valence-electron chi connectivity index (χ0n) is 54.4. The van der Waals surface area contributed by atoms with Gasteiger partial charge in [-0.15, -0.1) is 10.1 Å². The topological polar surface area (TPSA) is 316 Å². The molecule has 0 unspecified atom stereocenters. The number of hydrogen-bond acceptors (Lipinski definition) is 26. The molecule has 3 heterocycles. The molecule has 530 valence electrons. The highest BCUT2D eigenvalue weighted by Crippen LogP contribution is 2.26. The average Bonchev–Trinajstić information content (AvgIpc) is 1.66. The molecule has 0 radical (unpaired) electrons. The zero-order valence-corrected chi connectivity index (χ0v) is 54.4. The number of carbonyl (C=O) groups is 8. The molecule has 6 amide bonds. The van der Waals surface area contributed by atoms with Crippen molar-refractivity contribution in [1.29, 1.82) is 0 Å². The Labute approximate surface area is 554 Å². The Bertz CT molecular complexity index is 2470. The second-order valence-electron chi connectivity index (χ2n) is 20.7. The third-order valence-corrected chi connectivity index (χ3v) is 13.6. The van der Waals surface area contributed by atoms with Crippen LogP contribution in [0.1, 0.15) is 68.1 Å². The molecule has 0 aliphatic carbocycles. The first-order valence-corrected chi connectivity index (χ1v) is 32.2. The lowest BCUT2D eigenvalue weighted by Gasteiger charge is -2.27. The van der Waals surface area contributed by atoms with Gasteiger partial charge in [0.15, 0.2) is 0 Å². The number of imide groups is 2. The van der Waals surface area contributed by atoms with E-state index in [1.165, 1.54) is 0 Å². The molecule has 2 aromatic carbocycles. The van der Waals surface area contributed by atoms with Gasteiger partial charge in [0.1, 0.15) is 0 Å². The van der Waals surface area contributed by atoms with Gasteiger partial charge in [0, 0.05) is 62.7 Å². The van der Waals surface area contributed by atoms with E-state index in [1.807, 2.05) is 48.5 Å². The second-order valence-corrected chi connectivity index (χ2v) is 20.7. The van der Waals surface area contributed by atoms with Crippen LogP contribution in [0.25, 0.3) is 0 Å². The van der Waals surface area contributed by atoms with Crippen molar-refractivity contribution in [2.45, 2.75) is 57.9 Å². The summed E-state index contributed by atoms with van der Waals surface area (Å²) in [6, 6.07) is 15.3. The van der Waals surface area contributed by atoms with Gasteiger partial charge in [-0.3, -0.25) is 28.8 Å². The number of nitrogens with zero attached hydrogens (tertiary/aromatic N) is 4. The molecule has 0 aromatic heterocycles. The molecule has 0 saturated carbocycles. The van der Waals surface area contributed by atoms with Gasteiger partial charge in [0.25, 0.3) is 23.6 Å². The predicted molar refractivity (Wildman–Crippen MR) is 333 cm³/mol. The summed E-state index contributed by atoms with van der Waals surface area (Å²) in [7, 11) is 0. The highest BCUT2D eigenvalue weighted by Gasteiger charge is 2.34. The van der Waals surface area contributed by atoms with E-state index < -0.39 is 35.6 Å². The number of amides is 6. The van der Waals surface area contributed by atoms with Crippen molar-refractivity contribution in [1.82, 2.24) is 15.0 Å². The summed E-state index contributed by atoms with van der Waals surface area (Å²) < 4.78 is 88.8. The highest BCUT2D eigenvalue weighted by atomic mass is 16.7. The Hall–Kier alpha value is -6.48. The monoisotopic (exact) mass is 1350 g/mol. The number of carbonyl (C=O) groups excluding carboxylic acids is 8. The SMILES string of the molecule is O=C(CCOCCOCCOCCOCCOCCOCCOCCOCCN(CCOCCOCCOCCOCCOCCOCCOCCOCCC(=O)ON1C(=O)CCC1=O)C(=O)CCC(=O)N1Cc2ccccc2C#Cc2ccccc21)ON1C(=O)CCC1=O. The number of para-hydroxylation sites is 1. The maximum atomic E-state index is 13.9. The molecule has 3 aliphatic heterocycles. The van der Waals surface area contributed by atoms with Gasteiger partial charge >= 0.3 is 11.9 Å². The summed E-state index contributed by atoms with van der Waals surface area (Å²) in [5.41, 5.74) is 3.21. The number of benzene rings is 2. The first-order valence-electron chi connectivity index (χ1n) is 32.2. The molecule has 0 bridgehead atoms. The van der Waals surface area contributed by atoms with E-state index in [-0.39, 0.29) is 116 Å². The zero-order chi connectivity index (χ0) is 67.4. The average molecular weight is 1350 g/mol. The summed E-state index contributed by atoms with van der Waals surface area (Å²) in [6.45, 7) is 11.6. The van der Waals surface area contributed by atoms with Crippen molar-refractivity contribution in [2.75, 3.05) is 229 Å². The second kappa shape index (κ2) is 51.7. The normalized spacial score (nSPS) is 13.6. The summed E-state index contributed by atoms with van der Waals surface area (Å²) >= 11 is 0. The molecule has 3 aliphatic rings. The Morgan fingerprint density at radius 2 is 0.621 bits per heavy atom. The van der Waals surface area contributed by atoms with Gasteiger partial charge in [-0.25, -0.2) is 9.59 Å². The van der Waals surface area contributed by atoms with Crippen LogP contribution in [-0.2, 0) is 130 Å². The summed E-state index contributed by atoms with van der Waals surface area (Å²) in [4.78, 5) is 110. The lowest BCUT2D eigenvalue weighted by Crippen LogP contribution is -2.38. The molecule has 2 aromatic rings.